The number of nitrogens with zero attached hydrogens (tertiary/aromatic N) is 1. The van der Waals surface area contributed by atoms with Gasteiger partial charge in [-0.3, -0.25) is 14.4 Å². The molecule has 3 aromatic rings. The van der Waals surface area contributed by atoms with Gasteiger partial charge in [0.1, 0.15) is 0 Å². The van der Waals surface area contributed by atoms with E-state index in [2.05, 4.69) is 10.6 Å². The summed E-state index contributed by atoms with van der Waals surface area (Å²) < 4.78 is 0. The third-order valence-corrected chi connectivity index (χ3v) is 5.78. The summed E-state index contributed by atoms with van der Waals surface area (Å²) in [6.07, 6.45) is 0.152. The quantitative estimate of drug-likeness (QED) is 0.601. The van der Waals surface area contributed by atoms with E-state index in [0.717, 1.165) is 16.7 Å². The van der Waals surface area contributed by atoms with Crippen molar-refractivity contribution in [1.82, 2.24) is 5.32 Å². The SMILES string of the molecule is Cc1ccc(CNC(=O)[C@@H]2CC(=O)N(c3cccc(C(=O)Nc4cccc(C)c4)c3)C2)cc1. The van der Waals surface area contributed by atoms with Gasteiger partial charge in [-0.05, 0) is 55.3 Å². The Kier molecular flexibility index (Phi) is 6.54. The van der Waals surface area contributed by atoms with Crippen LogP contribution in [0, 0.1) is 19.8 Å². The van der Waals surface area contributed by atoms with Crippen LogP contribution in [0.1, 0.15) is 33.5 Å². The maximum Gasteiger partial charge on any atom is 0.255 e. The molecule has 6 nitrogen and oxygen atoms in total. The smallest absolute Gasteiger partial charge is 0.255 e. The van der Waals surface area contributed by atoms with E-state index in [9.17, 15) is 14.4 Å². The van der Waals surface area contributed by atoms with Gasteiger partial charge in [0.15, 0.2) is 0 Å². The van der Waals surface area contributed by atoms with Crippen molar-refractivity contribution in [3.8, 4) is 0 Å². The first-order chi connectivity index (χ1) is 15.9. The summed E-state index contributed by atoms with van der Waals surface area (Å²) in [6.45, 7) is 4.70. The van der Waals surface area contributed by atoms with E-state index in [4.69, 9.17) is 0 Å². The predicted octanol–water partition coefficient (Wildman–Crippen LogP) is 4.23. The number of carbonyl (C=O) groups is 3. The van der Waals surface area contributed by atoms with Crippen LogP contribution in [0.5, 0.6) is 0 Å². The van der Waals surface area contributed by atoms with E-state index < -0.39 is 5.92 Å². The second kappa shape index (κ2) is 9.69. The highest BCUT2D eigenvalue weighted by Gasteiger charge is 2.35. The molecule has 1 aliphatic heterocycles. The first-order valence-corrected chi connectivity index (χ1v) is 11.0. The van der Waals surface area contributed by atoms with Crippen molar-refractivity contribution in [2.24, 2.45) is 5.92 Å². The second-order valence-electron chi connectivity index (χ2n) is 8.48. The van der Waals surface area contributed by atoms with Crippen LogP contribution in [-0.4, -0.2) is 24.3 Å². The number of aryl methyl sites for hydroxylation is 2. The maximum absolute atomic E-state index is 12.7. The number of anilines is 2. The molecule has 0 spiro atoms. The molecule has 2 N–H and O–H groups in total. The van der Waals surface area contributed by atoms with Crippen molar-refractivity contribution in [3.05, 3.63) is 95.1 Å². The third-order valence-electron chi connectivity index (χ3n) is 5.78. The minimum absolute atomic E-state index is 0.123. The zero-order valence-corrected chi connectivity index (χ0v) is 18.8. The molecule has 1 fully saturated rings. The summed E-state index contributed by atoms with van der Waals surface area (Å²) in [5, 5.41) is 5.82. The lowest BCUT2D eigenvalue weighted by molar-refractivity contribution is -0.126. The average Bonchev–Trinajstić information content (AvgIpc) is 3.20. The monoisotopic (exact) mass is 441 g/mol. The molecule has 1 aliphatic rings. The molecule has 0 aliphatic carbocycles. The number of benzene rings is 3. The molecule has 0 bridgehead atoms. The largest absolute Gasteiger partial charge is 0.352 e. The van der Waals surface area contributed by atoms with Crippen LogP contribution in [0.2, 0.25) is 0 Å². The Morgan fingerprint density at radius 2 is 1.70 bits per heavy atom. The average molecular weight is 442 g/mol. The van der Waals surface area contributed by atoms with E-state index >= 15 is 0 Å². The lowest BCUT2D eigenvalue weighted by Crippen LogP contribution is -2.32. The van der Waals surface area contributed by atoms with Crippen molar-refractivity contribution in [1.29, 1.82) is 0 Å². The van der Waals surface area contributed by atoms with Crippen LogP contribution >= 0.6 is 0 Å². The zero-order chi connectivity index (χ0) is 23.4. The molecular formula is C27H27N3O3. The molecule has 33 heavy (non-hydrogen) atoms. The molecule has 3 aromatic carbocycles. The van der Waals surface area contributed by atoms with E-state index in [1.807, 2.05) is 62.4 Å². The molecule has 6 heteroatoms. The fraction of sp³-hybridized carbons (Fsp3) is 0.222. The number of rotatable bonds is 6. The van der Waals surface area contributed by atoms with E-state index in [1.54, 1.807) is 29.2 Å². The van der Waals surface area contributed by atoms with Gasteiger partial charge < -0.3 is 15.5 Å². The van der Waals surface area contributed by atoms with Crippen molar-refractivity contribution < 1.29 is 14.4 Å². The van der Waals surface area contributed by atoms with Crippen molar-refractivity contribution in [2.75, 3.05) is 16.8 Å². The Morgan fingerprint density at radius 3 is 2.45 bits per heavy atom. The fourth-order valence-electron chi connectivity index (χ4n) is 3.91. The number of hydrogen-bond acceptors (Lipinski definition) is 3. The van der Waals surface area contributed by atoms with Crippen LogP contribution in [0.15, 0.2) is 72.8 Å². The highest BCUT2D eigenvalue weighted by molar-refractivity contribution is 6.06. The minimum Gasteiger partial charge on any atom is -0.352 e. The summed E-state index contributed by atoms with van der Waals surface area (Å²) in [4.78, 5) is 39.6. The van der Waals surface area contributed by atoms with Crippen LogP contribution < -0.4 is 15.5 Å². The highest BCUT2D eigenvalue weighted by atomic mass is 16.2. The predicted molar refractivity (Wildman–Crippen MR) is 129 cm³/mol. The van der Waals surface area contributed by atoms with Crippen LogP contribution in [-0.2, 0) is 16.1 Å². The second-order valence-corrected chi connectivity index (χ2v) is 8.48. The number of carbonyl (C=O) groups excluding carboxylic acids is 3. The van der Waals surface area contributed by atoms with E-state index in [0.29, 0.717) is 30.0 Å². The molecule has 0 saturated carbocycles. The number of amides is 3. The van der Waals surface area contributed by atoms with Crippen molar-refractivity contribution in [2.45, 2.75) is 26.8 Å². The van der Waals surface area contributed by atoms with Gasteiger partial charge in [0.25, 0.3) is 5.91 Å². The lowest BCUT2D eigenvalue weighted by Gasteiger charge is -2.18. The summed E-state index contributed by atoms with van der Waals surface area (Å²) in [7, 11) is 0. The fourth-order valence-corrected chi connectivity index (χ4v) is 3.91. The number of nitrogens with one attached hydrogen (secondary N) is 2. The van der Waals surface area contributed by atoms with Crippen LogP contribution in [0.4, 0.5) is 11.4 Å². The Morgan fingerprint density at radius 1 is 0.939 bits per heavy atom. The lowest BCUT2D eigenvalue weighted by atomic mass is 10.1. The molecule has 0 radical (unpaired) electrons. The normalized spacial score (nSPS) is 15.4. The first kappa shape index (κ1) is 22.3. The van der Waals surface area contributed by atoms with Gasteiger partial charge in [-0.1, -0.05) is 48.0 Å². The molecule has 1 atom stereocenters. The van der Waals surface area contributed by atoms with E-state index in [-0.39, 0.29) is 24.1 Å². The molecule has 1 heterocycles. The Labute approximate surface area is 193 Å². The van der Waals surface area contributed by atoms with Crippen LogP contribution in [0.25, 0.3) is 0 Å². The molecule has 1 saturated heterocycles. The molecule has 3 amide bonds. The highest BCUT2D eigenvalue weighted by Crippen LogP contribution is 2.26. The molecule has 168 valence electrons. The van der Waals surface area contributed by atoms with Gasteiger partial charge in [-0.25, -0.2) is 0 Å². The van der Waals surface area contributed by atoms with Gasteiger partial charge in [0.05, 0.1) is 5.92 Å². The topological polar surface area (TPSA) is 78.5 Å². The summed E-state index contributed by atoms with van der Waals surface area (Å²) in [5.74, 6) is -0.935. The Bertz CT molecular complexity index is 1190. The van der Waals surface area contributed by atoms with Gasteiger partial charge in [-0.15, -0.1) is 0 Å². The summed E-state index contributed by atoms with van der Waals surface area (Å²) in [5.41, 5.74) is 5.02. The first-order valence-electron chi connectivity index (χ1n) is 11.0. The molecule has 0 aromatic heterocycles. The van der Waals surface area contributed by atoms with Gasteiger partial charge >= 0.3 is 0 Å². The van der Waals surface area contributed by atoms with Crippen molar-refractivity contribution in [3.63, 3.8) is 0 Å². The standard InChI is InChI=1S/C27H27N3O3/c1-18-9-11-20(12-10-18)16-28-26(32)22-15-25(31)30(17-22)24-8-4-6-21(14-24)27(33)29-23-7-3-5-19(2)13-23/h3-14,22H,15-17H2,1-2H3,(H,28,32)(H,29,33)/t22-/m1/s1. The number of hydrogen-bond donors (Lipinski definition) is 2. The Hall–Kier alpha value is -3.93. The van der Waals surface area contributed by atoms with Crippen LogP contribution in [0.3, 0.4) is 0 Å². The molecule has 4 rings (SSSR count). The summed E-state index contributed by atoms with van der Waals surface area (Å²) >= 11 is 0. The van der Waals surface area contributed by atoms with E-state index in [1.165, 1.54) is 0 Å². The molecular weight excluding hydrogens is 414 g/mol. The third kappa shape index (κ3) is 5.47. The van der Waals surface area contributed by atoms with Gasteiger partial charge in [-0.2, -0.15) is 0 Å². The van der Waals surface area contributed by atoms with Gasteiger partial charge in [0, 0.05) is 36.4 Å². The Balaban J connectivity index is 1.39. The maximum atomic E-state index is 12.7. The minimum atomic E-state index is -0.423. The zero-order valence-electron chi connectivity index (χ0n) is 18.8. The van der Waals surface area contributed by atoms with Crippen molar-refractivity contribution >= 4 is 29.1 Å². The van der Waals surface area contributed by atoms with Gasteiger partial charge in [0.2, 0.25) is 11.8 Å². The summed E-state index contributed by atoms with van der Waals surface area (Å²) in [6, 6.07) is 22.5. The molecule has 0 unspecified atom stereocenters.